The molecule has 1 N–H and O–H groups in total. The van der Waals surface area contributed by atoms with E-state index in [0.29, 0.717) is 37.9 Å². The molecule has 0 amide bonds. The van der Waals surface area contributed by atoms with Gasteiger partial charge in [0.25, 0.3) is 0 Å². The molecular weight excluding hydrogens is 326 g/mol. The molecule has 3 aliphatic heterocycles. The summed E-state index contributed by atoms with van der Waals surface area (Å²) in [6.07, 6.45) is 2.49. The minimum absolute atomic E-state index is 0.0784. The van der Waals surface area contributed by atoms with E-state index in [-0.39, 0.29) is 17.2 Å². The van der Waals surface area contributed by atoms with Crippen molar-refractivity contribution in [3.8, 4) is 0 Å². The lowest BCUT2D eigenvalue weighted by atomic mass is 9.85. The zero-order valence-corrected chi connectivity index (χ0v) is 15.1. The zero-order valence-electron chi connectivity index (χ0n) is 15.1. The Kier molecular flexibility index (Phi) is 4.68. The number of allylic oxidation sites excluding steroid dienone is 1. The number of quaternary nitrogens is 1. The third-order valence-corrected chi connectivity index (χ3v) is 6.14. The maximum atomic E-state index is 12.9. The van der Waals surface area contributed by atoms with E-state index in [9.17, 15) is 19.9 Å². The number of esters is 2. The van der Waals surface area contributed by atoms with E-state index in [1.165, 1.54) is 13.0 Å². The van der Waals surface area contributed by atoms with Crippen LogP contribution in [0.15, 0.2) is 11.6 Å². The highest BCUT2D eigenvalue weighted by molar-refractivity contribution is 5.83. The average molecular weight is 353 g/mol. The van der Waals surface area contributed by atoms with Gasteiger partial charge in [-0.1, -0.05) is 12.5 Å². The Morgan fingerprint density at radius 1 is 1.32 bits per heavy atom. The van der Waals surface area contributed by atoms with E-state index in [0.717, 1.165) is 0 Å². The van der Waals surface area contributed by atoms with Crippen LogP contribution in [-0.2, 0) is 19.1 Å². The summed E-state index contributed by atoms with van der Waals surface area (Å²) in [4.78, 5) is 24.6. The first-order valence-corrected chi connectivity index (χ1v) is 8.98. The van der Waals surface area contributed by atoms with Crippen LogP contribution < -0.4 is 0 Å². The van der Waals surface area contributed by atoms with Crippen molar-refractivity contribution >= 4 is 11.9 Å². The number of ether oxygens (including phenoxy) is 2. The Hall–Kier alpha value is -1.44. The molecule has 3 rings (SSSR count). The Morgan fingerprint density at radius 3 is 2.72 bits per heavy atom. The molecule has 0 spiro atoms. The van der Waals surface area contributed by atoms with Gasteiger partial charge in [-0.25, -0.2) is 9.59 Å². The van der Waals surface area contributed by atoms with Gasteiger partial charge in [0.2, 0.25) is 0 Å². The number of carbonyl (C=O) groups excluding carboxylic acids is 2. The van der Waals surface area contributed by atoms with E-state index in [1.54, 1.807) is 13.8 Å². The fourth-order valence-electron chi connectivity index (χ4n) is 4.44. The Morgan fingerprint density at radius 2 is 2.00 bits per heavy atom. The number of cyclic esters (lactones) is 1. The predicted molar refractivity (Wildman–Crippen MR) is 88.9 cm³/mol. The summed E-state index contributed by atoms with van der Waals surface area (Å²) in [5, 5.41) is 23.5. The van der Waals surface area contributed by atoms with Gasteiger partial charge in [0.15, 0.2) is 11.7 Å². The molecule has 0 aromatic rings. The van der Waals surface area contributed by atoms with Crippen molar-refractivity contribution in [2.45, 2.75) is 57.8 Å². The second kappa shape index (κ2) is 6.37. The number of hydrogen-bond donors (Lipinski definition) is 1. The molecule has 6 atom stereocenters. The summed E-state index contributed by atoms with van der Waals surface area (Å²) in [7, 11) is 0. The van der Waals surface area contributed by atoms with Gasteiger partial charge in [0.1, 0.15) is 12.6 Å². The number of aliphatic hydroxyl groups is 1. The third-order valence-electron chi connectivity index (χ3n) is 6.14. The molecule has 2 fully saturated rings. The molecule has 3 aliphatic rings. The smallest absolute Gasteiger partial charge is 0.338 e. The SMILES string of the molecule is CC1=CC(=O)O[C@@H]2CC[N@+]3([O-])CC[C@H](COC(=O)[C@](C)(O)[C@H](C)C1)[C@H]23. The highest BCUT2D eigenvalue weighted by atomic mass is 16.6. The van der Waals surface area contributed by atoms with Crippen LogP contribution in [0.1, 0.15) is 40.0 Å². The summed E-state index contributed by atoms with van der Waals surface area (Å²) < 4.78 is 10.6. The van der Waals surface area contributed by atoms with E-state index >= 15 is 0 Å². The summed E-state index contributed by atoms with van der Waals surface area (Å²) in [6, 6.07) is -0.395. The molecule has 0 aromatic carbocycles. The van der Waals surface area contributed by atoms with Gasteiger partial charge in [-0.3, -0.25) is 0 Å². The summed E-state index contributed by atoms with van der Waals surface area (Å²) in [6.45, 7) is 5.89. The number of nitrogens with zero attached hydrogens (tertiary/aromatic N) is 1. The normalized spacial score (nSPS) is 45.4. The van der Waals surface area contributed by atoms with E-state index < -0.39 is 35.6 Å². The van der Waals surface area contributed by atoms with E-state index in [1.807, 2.05) is 0 Å². The second-order valence-electron chi connectivity index (χ2n) is 8.04. The van der Waals surface area contributed by atoms with Gasteiger partial charge in [0.05, 0.1) is 19.0 Å². The predicted octanol–water partition coefficient (Wildman–Crippen LogP) is 1.29. The monoisotopic (exact) mass is 353 g/mol. The first kappa shape index (κ1) is 18.4. The molecular formula is C18H27NO6. The van der Waals surface area contributed by atoms with Crippen LogP contribution in [0.25, 0.3) is 0 Å². The minimum atomic E-state index is -1.65. The Labute approximate surface area is 147 Å². The van der Waals surface area contributed by atoms with Crippen LogP contribution in [0.4, 0.5) is 0 Å². The lowest BCUT2D eigenvalue weighted by Crippen LogP contribution is -2.49. The fraction of sp³-hybridized carbons (Fsp3) is 0.778. The lowest BCUT2D eigenvalue weighted by molar-refractivity contribution is -0.882. The van der Waals surface area contributed by atoms with Gasteiger partial charge >= 0.3 is 11.9 Å². The van der Waals surface area contributed by atoms with Gasteiger partial charge < -0.3 is 24.4 Å². The second-order valence-corrected chi connectivity index (χ2v) is 8.04. The first-order chi connectivity index (χ1) is 11.6. The summed E-state index contributed by atoms with van der Waals surface area (Å²) in [5.41, 5.74) is -0.932. The van der Waals surface area contributed by atoms with Crippen LogP contribution in [0.5, 0.6) is 0 Å². The van der Waals surface area contributed by atoms with Crippen molar-refractivity contribution in [2.24, 2.45) is 11.8 Å². The largest absolute Gasteiger partial charge is 0.632 e. The van der Waals surface area contributed by atoms with Gasteiger partial charge in [-0.05, 0) is 26.2 Å². The van der Waals surface area contributed by atoms with Crippen molar-refractivity contribution in [3.63, 3.8) is 0 Å². The van der Waals surface area contributed by atoms with Crippen molar-refractivity contribution < 1.29 is 28.8 Å². The molecule has 0 saturated carbocycles. The molecule has 140 valence electrons. The molecule has 7 nitrogen and oxygen atoms in total. The molecule has 3 heterocycles. The van der Waals surface area contributed by atoms with E-state index in [4.69, 9.17) is 9.47 Å². The number of carbonyl (C=O) groups is 2. The lowest BCUT2D eigenvalue weighted by Gasteiger charge is -2.40. The molecule has 0 radical (unpaired) electrons. The molecule has 2 saturated heterocycles. The highest BCUT2D eigenvalue weighted by Crippen LogP contribution is 2.41. The third kappa shape index (κ3) is 3.32. The topological polar surface area (TPSA) is 95.9 Å². The highest BCUT2D eigenvalue weighted by Gasteiger charge is 2.54. The van der Waals surface area contributed by atoms with Gasteiger partial charge in [0, 0.05) is 18.9 Å². The minimum Gasteiger partial charge on any atom is -0.632 e. The molecule has 0 aromatic heterocycles. The van der Waals surface area contributed by atoms with Crippen LogP contribution in [-0.4, -0.2) is 59.1 Å². The number of rotatable bonds is 0. The van der Waals surface area contributed by atoms with Crippen LogP contribution in [0.2, 0.25) is 0 Å². The maximum absolute atomic E-state index is 12.9. The Balaban J connectivity index is 1.90. The van der Waals surface area contributed by atoms with Crippen molar-refractivity contribution in [3.05, 3.63) is 16.9 Å². The summed E-state index contributed by atoms with van der Waals surface area (Å²) >= 11 is 0. The molecule has 7 heteroatoms. The van der Waals surface area contributed by atoms with E-state index in [2.05, 4.69) is 0 Å². The Bertz CT molecular complexity index is 600. The van der Waals surface area contributed by atoms with Crippen LogP contribution >= 0.6 is 0 Å². The van der Waals surface area contributed by atoms with Crippen LogP contribution in [0, 0.1) is 17.0 Å². The maximum Gasteiger partial charge on any atom is 0.338 e. The standard InChI is InChI=1S/C18H27NO6/c1-11-8-12(2)18(3,22)17(21)24-10-13-4-6-19(23)7-5-14(16(13)19)25-15(20)9-11/h9,12-14,16,22H,4-8,10H2,1-3H3/t12-,13-,14-,16-,18-,19-/m1/s1. The average Bonchev–Trinajstić information content (AvgIpc) is 3.00. The summed E-state index contributed by atoms with van der Waals surface area (Å²) in [5.74, 6) is -1.70. The fourth-order valence-corrected chi connectivity index (χ4v) is 4.44. The number of hydroxylamine groups is 3. The molecule has 0 bridgehead atoms. The number of hydrogen-bond acceptors (Lipinski definition) is 6. The molecule has 0 aliphatic carbocycles. The molecule has 25 heavy (non-hydrogen) atoms. The van der Waals surface area contributed by atoms with Crippen molar-refractivity contribution in [1.29, 1.82) is 0 Å². The van der Waals surface area contributed by atoms with Crippen molar-refractivity contribution in [1.82, 2.24) is 0 Å². The van der Waals surface area contributed by atoms with Gasteiger partial charge in [-0.2, -0.15) is 0 Å². The van der Waals surface area contributed by atoms with Gasteiger partial charge in [-0.15, -0.1) is 0 Å². The van der Waals surface area contributed by atoms with Crippen molar-refractivity contribution in [2.75, 3.05) is 19.7 Å². The first-order valence-electron chi connectivity index (χ1n) is 8.98. The molecule has 0 unspecified atom stereocenters. The zero-order chi connectivity index (χ0) is 18.4. The van der Waals surface area contributed by atoms with Crippen LogP contribution in [0.3, 0.4) is 0 Å². The quantitative estimate of drug-likeness (QED) is 0.400.